The van der Waals surface area contributed by atoms with Crippen molar-refractivity contribution in [3.8, 4) is 0 Å². The molecule has 1 saturated heterocycles. The quantitative estimate of drug-likeness (QED) is 0.118. The highest BCUT2D eigenvalue weighted by Gasteiger charge is 2.38. The second-order valence-electron chi connectivity index (χ2n) is 15.6. The van der Waals surface area contributed by atoms with Crippen LogP contribution in [0.25, 0.3) is 11.0 Å². The zero-order chi connectivity index (χ0) is 38.7. The highest BCUT2D eigenvalue weighted by atomic mass is 16.6. The first kappa shape index (κ1) is 41.5. The number of ether oxygens (including phenoxy) is 1. The Morgan fingerprint density at radius 1 is 0.943 bits per heavy atom. The summed E-state index contributed by atoms with van der Waals surface area (Å²) >= 11 is 0. The molecule has 3 aromatic rings. The van der Waals surface area contributed by atoms with E-state index in [2.05, 4.69) is 25.9 Å². The Morgan fingerprint density at radius 2 is 1.60 bits per heavy atom. The summed E-state index contributed by atoms with van der Waals surface area (Å²) in [6, 6.07) is 15.2. The van der Waals surface area contributed by atoms with Gasteiger partial charge in [-0.15, -0.1) is 0 Å². The number of hydrogen-bond donors (Lipinski definition) is 5. The molecule has 53 heavy (non-hydrogen) atoms. The molecule has 1 aromatic heterocycles. The van der Waals surface area contributed by atoms with Crippen molar-refractivity contribution in [1.29, 1.82) is 0 Å². The van der Waals surface area contributed by atoms with Crippen molar-refractivity contribution in [1.82, 2.24) is 30.8 Å². The molecule has 0 spiro atoms. The lowest BCUT2D eigenvalue weighted by Gasteiger charge is -2.31. The first-order chi connectivity index (χ1) is 25.2. The number of aliphatic hydroxyl groups is 1. The first-order valence-electron chi connectivity index (χ1n) is 19.2. The van der Waals surface area contributed by atoms with E-state index in [1.165, 1.54) is 0 Å². The topological polar surface area (TPSA) is 166 Å². The van der Waals surface area contributed by atoms with Crippen molar-refractivity contribution >= 4 is 34.7 Å². The van der Waals surface area contributed by atoms with Gasteiger partial charge < -0.3 is 30.8 Å². The summed E-state index contributed by atoms with van der Waals surface area (Å²) in [5.74, 6) is -1.65. The molecule has 12 nitrogen and oxygen atoms in total. The van der Waals surface area contributed by atoms with Crippen molar-refractivity contribution in [2.45, 2.75) is 123 Å². The zero-order valence-electron chi connectivity index (χ0n) is 32.5. The number of carbonyl (C=O) groups is 4. The van der Waals surface area contributed by atoms with Crippen LogP contribution >= 0.6 is 0 Å². The number of para-hydroxylation sites is 2. The third-order valence-electron chi connectivity index (χ3n) is 10.2. The van der Waals surface area contributed by atoms with Crippen molar-refractivity contribution < 1.29 is 29.0 Å². The fourth-order valence-electron chi connectivity index (χ4n) is 6.82. The van der Waals surface area contributed by atoms with Gasteiger partial charge in [0.05, 0.1) is 29.7 Å². The Bertz CT molecular complexity index is 1620. The summed E-state index contributed by atoms with van der Waals surface area (Å²) < 4.78 is 5.63. The molecule has 0 bridgehead atoms. The molecule has 5 N–H and O–H groups in total. The lowest BCUT2D eigenvalue weighted by molar-refractivity contribution is -0.160. The number of likely N-dealkylation sites (tertiary alicyclic amines) is 1. The van der Waals surface area contributed by atoms with E-state index in [4.69, 9.17) is 4.74 Å². The number of β-amino-alcohol motifs (C(OH)–C–C–N with tert-alkyl or cyclic N) is 1. The second-order valence-corrected chi connectivity index (χ2v) is 15.6. The minimum absolute atomic E-state index is 0.127. The molecule has 1 aliphatic heterocycles. The number of aromatic amines is 1. The van der Waals surface area contributed by atoms with Crippen LogP contribution in [0.5, 0.6) is 0 Å². The van der Waals surface area contributed by atoms with E-state index in [1.807, 2.05) is 87.2 Å². The summed E-state index contributed by atoms with van der Waals surface area (Å²) in [7, 11) is 0. The number of imidazole rings is 1. The fraction of sp³-hybridized carbons (Fsp3) is 0.585. The molecule has 1 fully saturated rings. The van der Waals surface area contributed by atoms with Gasteiger partial charge in [0.15, 0.2) is 0 Å². The Kier molecular flexibility index (Phi) is 15.0. The van der Waals surface area contributed by atoms with Crippen molar-refractivity contribution in [3.63, 3.8) is 0 Å². The normalized spacial score (nSPS) is 18.4. The third-order valence-corrected chi connectivity index (χ3v) is 10.2. The molecule has 0 aliphatic carbocycles. The maximum Gasteiger partial charge on any atom is 0.329 e. The maximum absolute atomic E-state index is 14.1. The van der Waals surface area contributed by atoms with Crippen LogP contribution in [0.3, 0.4) is 0 Å². The highest BCUT2D eigenvalue weighted by molar-refractivity contribution is 5.89. The molecule has 1 aliphatic rings. The molecule has 2 aromatic carbocycles. The summed E-state index contributed by atoms with van der Waals surface area (Å²) in [5, 5.41) is 20.4. The lowest BCUT2D eigenvalue weighted by atomic mass is 9.91. The van der Waals surface area contributed by atoms with Gasteiger partial charge in [0.25, 0.3) is 0 Å². The van der Waals surface area contributed by atoms with Crippen LogP contribution in [0.1, 0.15) is 92.0 Å². The molecule has 2 heterocycles. The average Bonchev–Trinajstić information content (AvgIpc) is 3.77. The minimum atomic E-state index is -0.928. The van der Waals surface area contributed by atoms with E-state index in [0.29, 0.717) is 38.1 Å². The number of aliphatic hydroxyl groups excluding tert-OH is 1. The monoisotopic (exact) mass is 732 g/mol. The number of benzene rings is 2. The predicted octanol–water partition coefficient (Wildman–Crippen LogP) is 4.66. The summed E-state index contributed by atoms with van der Waals surface area (Å²) in [6.45, 7) is 14.2. The SMILES string of the molecule is CC[C@H](C)[C@H](NC(=O)C(Cc1ccccc1)CC(O)CN1CCC[C@H]1C(=O)N[C@H](C(=O)OC(C)(C)C)[C@@H](C)CC)C(=O)NCc1nc2ccccc2[nH]1. The van der Waals surface area contributed by atoms with Gasteiger partial charge in [-0.3, -0.25) is 19.3 Å². The summed E-state index contributed by atoms with van der Waals surface area (Å²) in [4.78, 5) is 64.0. The van der Waals surface area contributed by atoms with Crippen molar-refractivity contribution in [2.24, 2.45) is 17.8 Å². The molecular formula is C41H60N6O6. The van der Waals surface area contributed by atoms with E-state index >= 15 is 0 Å². The highest BCUT2D eigenvalue weighted by Crippen LogP contribution is 2.23. The average molecular weight is 733 g/mol. The Balaban J connectivity index is 1.43. The van der Waals surface area contributed by atoms with E-state index in [1.54, 1.807) is 20.8 Å². The lowest BCUT2D eigenvalue weighted by Crippen LogP contribution is -2.54. The van der Waals surface area contributed by atoms with E-state index in [-0.39, 0.29) is 49.1 Å². The molecule has 0 saturated carbocycles. The number of H-pyrrole nitrogens is 1. The van der Waals surface area contributed by atoms with Crippen LogP contribution in [0.2, 0.25) is 0 Å². The van der Waals surface area contributed by atoms with Crippen molar-refractivity contribution in [2.75, 3.05) is 13.1 Å². The van der Waals surface area contributed by atoms with Crippen LogP contribution in [0.15, 0.2) is 54.6 Å². The first-order valence-corrected chi connectivity index (χ1v) is 19.2. The van der Waals surface area contributed by atoms with Crippen molar-refractivity contribution in [3.05, 3.63) is 66.0 Å². The number of esters is 1. The second kappa shape index (κ2) is 19.2. The Hall–Kier alpha value is -4.29. The van der Waals surface area contributed by atoms with Crippen LogP contribution in [0, 0.1) is 17.8 Å². The Labute approximate surface area is 314 Å². The summed E-state index contributed by atoms with van der Waals surface area (Å²) in [6.07, 6.45) is 2.28. The molecule has 2 unspecified atom stereocenters. The van der Waals surface area contributed by atoms with Gasteiger partial charge in [-0.1, -0.05) is 83.0 Å². The number of aromatic nitrogens is 2. The molecule has 12 heteroatoms. The third kappa shape index (κ3) is 12.1. The molecule has 7 atom stereocenters. The van der Waals surface area contributed by atoms with Gasteiger partial charge in [0, 0.05) is 12.5 Å². The standard InChI is InChI=1S/C41H60N6O6/c1-8-26(3)35(39(51)42-24-34-43-31-18-13-14-19-32(31)44-34)45-37(49)29(22-28-16-11-10-12-17-28)23-30(48)25-47-21-15-20-33(47)38(50)46-36(27(4)9-2)40(52)53-41(5,6)7/h10-14,16-19,26-27,29-30,33,35-36,48H,8-9,15,20-25H2,1-7H3,(H,42,51)(H,43,44)(H,45,49)(H,46,50)/t26-,27-,29?,30?,33-,35-,36-/m0/s1. The number of rotatable bonds is 18. The van der Waals surface area contributed by atoms with Gasteiger partial charge >= 0.3 is 5.97 Å². The van der Waals surface area contributed by atoms with E-state index < -0.39 is 41.7 Å². The van der Waals surface area contributed by atoms with Gasteiger partial charge in [-0.25, -0.2) is 9.78 Å². The van der Waals surface area contributed by atoms with Gasteiger partial charge in [0.2, 0.25) is 17.7 Å². The van der Waals surface area contributed by atoms with Gasteiger partial charge in [-0.2, -0.15) is 0 Å². The summed E-state index contributed by atoms with van der Waals surface area (Å²) in [5.41, 5.74) is 1.93. The molecule has 4 rings (SSSR count). The number of carbonyl (C=O) groups excluding carboxylic acids is 4. The van der Waals surface area contributed by atoms with E-state index in [0.717, 1.165) is 23.0 Å². The predicted molar refractivity (Wildman–Crippen MR) is 205 cm³/mol. The largest absolute Gasteiger partial charge is 0.458 e. The molecule has 290 valence electrons. The maximum atomic E-state index is 14.1. The van der Waals surface area contributed by atoms with Gasteiger partial charge in [0.1, 0.15) is 23.5 Å². The van der Waals surface area contributed by atoms with Crippen LogP contribution in [-0.2, 0) is 36.9 Å². The fourth-order valence-corrected chi connectivity index (χ4v) is 6.82. The molecule has 0 radical (unpaired) electrons. The van der Waals surface area contributed by atoms with Gasteiger partial charge in [-0.05, 0) is 82.5 Å². The van der Waals surface area contributed by atoms with Crippen LogP contribution < -0.4 is 16.0 Å². The molecule has 3 amide bonds. The number of amides is 3. The number of hydrogen-bond acceptors (Lipinski definition) is 8. The number of nitrogens with one attached hydrogen (secondary N) is 4. The number of nitrogens with zero attached hydrogens (tertiary/aromatic N) is 2. The zero-order valence-corrected chi connectivity index (χ0v) is 32.5. The Morgan fingerprint density at radius 3 is 2.26 bits per heavy atom. The molecular weight excluding hydrogens is 672 g/mol. The van der Waals surface area contributed by atoms with Crippen LogP contribution in [0.4, 0.5) is 0 Å². The minimum Gasteiger partial charge on any atom is -0.458 e. The smallest absolute Gasteiger partial charge is 0.329 e. The van der Waals surface area contributed by atoms with Crippen LogP contribution in [-0.4, -0.2) is 86.6 Å². The van der Waals surface area contributed by atoms with E-state index in [9.17, 15) is 24.3 Å². The number of fused-ring (bicyclic) bond motifs is 1.